The summed E-state index contributed by atoms with van der Waals surface area (Å²) in [5, 5.41) is 7.28. The van der Waals surface area contributed by atoms with E-state index in [0.717, 1.165) is 11.2 Å². The zero-order chi connectivity index (χ0) is 8.55. The van der Waals surface area contributed by atoms with E-state index in [1.807, 2.05) is 0 Å². The van der Waals surface area contributed by atoms with Crippen LogP contribution in [0.4, 0.5) is 0 Å². The Kier molecular flexibility index (Phi) is 1.53. The van der Waals surface area contributed by atoms with E-state index in [2.05, 4.69) is 29.2 Å². The topological polar surface area (TPSA) is 51.8 Å². The fourth-order valence-corrected chi connectivity index (χ4v) is 1.14. The SMILES string of the molecule is CC(C)c1nccc2nnoc12. The molecule has 4 heteroatoms. The quantitative estimate of drug-likeness (QED) is 0.642. The summed E-state index contributed by atoms with van der Waals surface area (Å²) in [7, 11) is 0. The van der Waals surface area contributed by atoms with Gasteiger partial charge in [0, 0.05) is 11.5 Å². The highest BCUT2D eigenvalue weighted by atomic mass is 16.5. The molecule has 4 nitrogen and oxygen atoms in total. The molecule has 0 fully saturated rings. The van der Waals surface area contributed by atoms with Gasteiger partial charge in [0.2, 0.25) is 5.58 Å². The van der Waals surface area contributed by atoms with E-state index in [1.54, 1.807) is 12.3 Å². The van der Waals surface area contributed by atoms with Gasteiger partial charge in [-0.05, 0) is 12.0 Å². The minimum Gasteiger partial charge on any atom is -0.335 e. The molecule has 0 aliphatic rings. The lowest BCUT2D eigenvalue weighted by atomic mass is 10.1. The average molecular weight is 163 g/mol. The van der Waals surface area contributed by atoms with Crippen LogP contribution in [0.1, 0.15) is 25.5 Å². The maximum Gasteiger partial charge on any atom is 0.209 e. The third kappa shape index (κ3) is 0.958. The Hall–Kier alpha value is -1.45. The number of hydrogen-bond acceptors (Lipinski definition) is 4. The van der Waals surface area contributed by atoms with Gasteiger partial charge in [-0.25, -0.2) is 0 Å². The van der Waals surface area contributed by atoms with Crippen molar-refractivity contribution in [3.05, 3.63) is 18.0 Å². The Labute approximate surface area is 69.6 Å². The first-order chi connectivity index (χ1) is 5.79. The summed E-state index contributed by atoms with van der Waals surface area (Å²) in [5.74, 6) is 0.337. The third-order valence-corrected chi connectivity index (χ3v) is 1.74. The van der Waals surface area contributed by atoms with Crippen LogP contribution in [0.2, 0.25) is 0 Å². The minimum absolute atomic E-state index is 0.337. The van der Waals surface area contributed by atoms with Gasteiger partial charge in [-0.2, -0.15) is 0 Å². The lowest BCUT2D eigenvalue weighted by molar-refractivity contribution is 0.420. The maximum absolute atomic E-state index is 4.99. The van der Waals surface area contributed by atoms with Gasteiger partial charge in [0.15, 0.2) is 0 Å². The summed E-state index contributed by atoms with van der Waals surface area (Å²) in [5.41, 5.74) is 2.39. The van der Waals surface area contributed by atoms with Gasteiger partial charge >= 0.3 is 0 Å². The van der Waals surface area contributed by atoms with E-state index in [1.165, 1.54) is 0 Å². The smallest absolute Gasteiger partial charge is 0.209 e. The number of aromatic nitrogens is 3. The molecule has 0 saturated carbocycles. The lowest BCUT2D eigenvalue weighted by Crippen LogP contribution is -1.91. The normalized spacial score (nSPS) is 11.2. The van der Waals surface area contributed by atoms with Crippen LogP contribution >= 0.6 is 0 Å². The zero-order valence-corrected chi connectivity index (χ0v) is 6.98. The van der Waals surface area contributed by atoms with E-state index in [4.69, 9.17) is 4.52 Å². The van der Waals surface area contributed by atoms with Crippen LogP contribution < -0.4 is 0 Å². The number of nitrogens with zero attached hydrogens (tertiary/aromatic N) is 3. The average Bonchev–Trinajstić information content (AvgIpc) is 2.49. The van der Waals surface area contributed by atoms with Gasteiger partial charge in [0.05, 0.1) is 5.69 Å². The van der Waals surface area contributed by atoms with Crippen molar-refractivity contribution in [1.29, 1.82) is 0 Å². The molecule has 0 amide bonds. The summed E-state index contributed by atoms with van der Waals surface area (Å²) in [4.78, 5) is 4.20. The second-order valence-electron chi connectivity index (χ2n) is 2.97. The minimum atomic E-state index is 0.337. The largest absolute Gasteiger partial charge is 0.335 e. The van der Waals surface area contributed by atoms with Crippen molar-refractivity contribution in [2.75, 3.05) is 0 Å². The summed E-state index contributed by atoms with van der Waals surface area (Å²) in [6.45, 7) is 4.12. The molecular weight excluding hydrogens is 154 g/mol. The molecule has 0 bridgehead atoms. The van der Waals surface area contributed by atoms with Crippen molar-refractivity contribution in [3.8, 4) is 0 Å². The number of pyridine rings is 1. The molecule has 0 aromatic carbocycles. The molecular formula is C8H9N3O. The predicted molar refractivity (Wildman–Crippen MR) is 43.7 cm³/mol. The van der Waals surface area contributed by atoms with Crippen LogP contribution in [0.3, 0.4) is 0 Å². The summed E-state index contributed by atoms with van der Waals surface area (Å²) < 4.78 is 4.99. The summed E-state index contributed by atoms with van der Waals surface area (Å²) in [6.07, 6.45) is 1.72. The van der Waals surface area contributed by atoms with Gasteiger partial charge in [0.1, 0.15) is 5.52 Å². The molecule has 62 valence electrons. The highest BCUT2D eigenvalue weighted by Crippen LogP contribution is 2.20. The first kappa shape index (κ1) is 7.21. The number of fused-ring (bicyclic) bond motifs is 1. The van der Waals surface area contributed by atoms with E-state index in [0.29, 0.717) is 11.5 Å². The molecule has 0 unspecified atom stereocenters. The van der Waals surface area contributed by atoms with Crippen LogP contribution in [-0.4, -0.2) is 15.4 Å². The molecule has 0 N–H and O–H groups in total. The Bertz CT molecular complexity index is 394. The second-order valence-corrected chi connectivity index (χ2v) is 2.97. The molecule has 0 saturated heterocycles. The van der Waals surface area contributed by atoms with Crippen LogP contribution in [-0.2, 0) is 0 Å². The fraction of sp³-hybridized carbons (Fsp3) is 0.375. The van der Waals surface area contributed by atoms with E-state index >= 15 is 0 Å². The van der Waals surface area contributed by atoms with Crippen molar-refractivity contribution < 1.29 is 4.52 Å². The third-order valence-electron chi connectivity index (χ3n) is 1.74. The highest BCUT2D eigenvalue weighted by Gasteiger charge is 2.10. The molecule has 0 aliphatic carbocycles. The molecule has 2 rings (SSSR count). The van der Waals surface area contributed by atoms with Crippen molar-refractivity contribution in [2.24, 2.45) is 0 Å². The predicted octanol–water partition coefficient (Wildman–Crippen LogP) is 1.74. The molecule has 0 aliphatic heterocycles. The van der Waals surface area contributed by atoms with E-state index in [9.17, 15) is 0 Å². The Balaban J connectivity index is 2.73. The maximum atomic E-state index is 4.99. The van der Waals surface area contributed by atoms with Gasteiger partial charge in [-0.3, -0.25) is 4.98 Å². The molecule has 2 aromatic rings. The van der Waals surface area contributed by atoms with Crippen molar-refractivity contribution in [2.45, 2.75) is 19.8 Å². The standard InChI is InChI=1S/C8H9N3O/c1-5(2)7-8-6(3-4-9-7)10-11-12-8/h3-5H,1-2H3. The highest BCUT2D eigenvalue weighted by molar-refractivity contribution is 5.73. The molecule has 0 radical (unpaired) electrons. The molecule has 2 heterocycles. The first-order valence-electron chi connectivity index (χ1n) is 3.86. The first-order valence-corrected chi connectivity index (χ1v) is 3.86. The lowest BCUT2D eigenvalue weighted by Gasteiger charge is -2.01. The fourth-order valence-electron chi connectivity index (χ4n) is 1.14. The Morgan fingerprint density at radius 3 is 3.00 bits per heavy atom. The van der Waals surface area contributed by atoms with Crippen LogP contribution in [0.25, 0.3) is 11.1 Å². The number of rotatable bonds is 1. The van der Waals surface area contributed by atoms with Gasteiger partial charge < -0.3 is 4.52 Å². The van der Waals surface area contributed by atoms with Crippen LogP contribution in [0.15, 0.2) is 16.8 Å². The van der Waals surface area contributed by atoms with Crippen molar-refractivity contribution >= 4 is 11.1 Å². The molecule has 2 aromatic heterocycles. The monoisotopic (exact) mass is 163 g/mol. The Morgan fingerprint density at radius 1 is 1.42 bits per heavy atom. The molecule has 0 spiro atoms. The van der Waals surface area contributed by atoms with Crippen LogP contribution in [0.5, 0.6) is 0 Å². The van der Waals surface area contributed by atoms with Crippen molar-refractivity contribution in [1.82, 2.24) is 15.4 Å². The van der Waals surface area contributed by atoms with E-state index in [-0.39, 0.29) is 0 Å². The number of hydrogen-bond donors (Lipinski definition) is 0. The van der Waals surface area contributed by atoms with Crippen LogP contribution in [0, 0.1) is 0 Å². The van der Waals surface area contributed by atoms with E-state index < -0.39 is 0 Å². The molecule has 12 heavy (non-hydrogen) atoms. The second kappa shape index (κ2) is 2.55. The van der Waals surface area contributed by atoms with Gasteiger partial charge in [0.25, 0.3) is 0 Å². The molecule has 0 atom stereocenters. The zero-order valence-electron chi connectivity index (χ0n) is 6.98. The summed E-state index contributed by atoms with van der Waals surface area (Å²) in [6, 6.07) is 1.79. The Morgan fingerprint density at radius 2 is 2.25 bits per heavy atom. The van der Waals surface area contributed by atoms with Gasteiger partial charge in [-0.1, -0.05) is 13.8 Å². The van der Waals surface area contributed by atoms with Gasteiger partial charge in [-0.15, -0.1) is 5.10 Å². The van der Waals surface area contributed by atoms with Crippen molar-refractivity contribution in [3.63, 3.8) is 0 Å². The summed E-state index contributed by atoms with van der Waals surface area (Å²) >= 11 is 0.